The van der Waals surface area contributed by atoms with E-state index >= 15 is 0 Å². The summed E-state index contributed by atoms with van der Waals surface area (Å²) in [5.41, 5.74) is 0.394. The predicted molar refractivity (Wildman–Crippen MR) is 98.4 cm³/mol. The van der Waals surface area contributed by atoms with E-state index in [1.54, 1.807) is 31.4 Å². The number of fused-ring (bicyclic) bond motifs is 1. The molecule has 3 fully saturated rings. The van der Waals surface area contributed by atoms with Crippen LogP contribution in [0.25, 0.3) is 0 Å². The van der Waals surface area contributed by atoms with Gasteiger partial charge < -0.3 is 9.64 Å². The van der Waals surface area contributed by atoms with Crippen molar-refractivity contribution < 1.29 is 24.0 Å². The smallest absolute Gasteiger partial charge is 0.343 e. The molecular formula is C20H26N3O4+. The molecule has 3 aliphatic rings. The number of carbonyl (C=O) groups is 3. The van der Waals surface area contributed by atoms with Crippen molar-refractivity contribution in [1.82, 2.24) is 4.90 Å². The maximum Gasteiger partial charge on any atom is 0.343 e. The number of imide groups is 2. The molecule has 27 heavy (non-hydrogen) atoms. The van der Waals surface area contributed by atoms with E-state index < -0.39 is 17.8 Å². The Labute approximate surface area is 158 Å². The van der Waals surface area contributed by atoms with Crippen LogP contribution >= 0.6 is 0 Å². The Balaban J connectivity index is 1.52. The van der Waals surface area contributed by atoms with Crippen LogP contribution in [0.15, 0.2) is 24.3 Å². The molecule has 4 amide bonds. The summed E-state index contributed by atoms with van der Waals surface area (Å²) in [4.78, 5) is 41.3. The molecule has 1 N–H and O–H groups in total. The number of rotatable bonds is 4. The van der Waals surface area contributed by atoms with Gasteiger partial charge >= 0.3 is 17.8 Å². The van der Waals surface area contributed by atoms with Crippen LogP contribution in [0.5, 0.6) is 5.75 Å². The van der Waals surface area contributed by atoms with Gasteiger partial charge in [0.05, 0.1) is 25.4 Å². The number of likely N-dealkylation sites (tertiary alicyclic amines) is 1. The first-order chi connectivity index (χ1) is 13.1. The minimum Gasteiger partial charge on any atom is -0.497 e. The lowest BCUT2D eigenvalue weighted by atomic mass is 9.78. The third-order valence-corrected chi connectivity index (χ3v) is 6.25. The highest BCUT2D eigenvalue weighted by atomic mass is 16.5. The zero-order valence-corrected chi connectivity index (χ0v) is 15.6. The number of nitrogens with zero attached hydrogens (tertiary/aromatic N) is 2. The molecule has 2 aliphatic heterocycles. The third kappa shape index (κ3) is 3.20. The molecule has 0 spiro atoms. The van der Waals surface area contributed by atoms with Crippen LogP contribution in [0.2, 0.25) is 0 Å². The minimum atomic E-state index is -0.776. The second kappa shape index (κ2) is 7.31. The zero-order chi connectivity index (χ0) is 19.0. The molecule has 1 saturated carbocycles. The van der Waals surface area contributed by atoms with Gasteiger partial charge in [-0.2, -0.15) is 0 Å². The Morgan fingerprint density at radius 2 is 1.70 bits per heavy atom. The number of hydrogen-bond acceptors (Lipinski definition) is 4. The number of methoxy groups -OCH3 is 1. The molecule has 2 heterocycles. The molecular weight excluding hydrogens is 346 g/mol. The third-order valence-electron chi connectivity index (χ3n) is 6.25. The highest BCUT2D eigenvalue weighted by Crippen LogP contribution is 2.29. The molecule has 4 rings (SSSR count). The van der Waals surface area contributed by atoms with Crippen LogP contribution < -0.4 is 14.5 Å². The lowest BCUT2D eigenvalue weighted by Gasteiger charge is -2.41. The van der Waals surface area contributed by atoms with Crippen LogP contribution in [-0.4, -0.2) is 49.1 Å². The average Bonchev–Trinajstić information content (AvgIpc) is 2.91. The van der Waals surface area contributed by atoms with Crippen LogP contribution in [0, 0.1) is 5.92 Å². The summed E-state index contributed by atoms with van der Waals surface area (Å²) in [6.07, 6.45) is 7.23. The summed E-state index contributed by atoms with van der Waals surface area (Å²) in [7, 11) is 1.55. The first-order valence-corrected chi connectivity index (χ1v) is 9.78. The molecule has 3 atom stereocenters. The van der Waals surface area contributed by atoms with Gasteiger partial charge in [-0.1, -0.05) is 6.42 Å². The fraction of sp³-hybridized carbons (Fsp3) is 0.550. The Morgan fingerprint density at radius 1 is 1.00 bits per heavy atom. The van der Waals surface area contributed by atoms with Crippen molar-refractivity contribution in [2.45, 2.75) is 44.6 Å². The van der Waals surface area contributed by atoms with Gasteiger partial charge in [0.2, 0.25) is 0 Å². The van der Waals surface area contributed by atoms with Gasteiger partial charge in [-0.15, -0.1) is 0 Å². The van der Waals surface area contributed by atoms with E-state index in [-0.39, 0.29) is 6.67 Å². The van der Waals surface area contributed by atoms with Gasteiger partial charge in [0, 0.05) is 5.92 Å². The summed E-state index contributed by atoms with van der Waals surface area (Å²) in [6.45, 7) is 1.24. The highest BCUT2D eigenvalue weighted by molar-refractivity contribution is 6.52. The first kappa shape index (κ1) is 18.0. The molecule has 1 aromatic rings. The van der Waals surface area contributed by atoms with Crippen LogP contribution in [-0.2, 0) is 9.59 Å². The number of nitrogens with one attached hydrogen (secondary N) is 1. The zero-order valence-electron chi connectivity index (χ0n) is 15.6. The lowest BCUT2D eigenvalue weighted by molar-refractivity contribution is -0.942. The molecule has 0 aromatic heterocycles. The van der Waals surface area contributed by atoms with Gasteiger partial charge in [-0.05, 0) is 56.4 Å². The maximum atomic E-state index is 12.9. The monoisotopic (exact) mass is 372 g/mol. The van der Waals surface area contributed by atoms with E-state index in [0.29, 0.717) is 23.4 Å². The number of ether oxygens (including phenoxy) is 1. The van der Waals surface area contributed by atoms with Gasteiger partial charge in [0.1, 0.15) is 5.75 Å². The van der Waals surface area contributed by atoms with Crippen LogP contribution in [0.4, 0.5) is 10.5 Å². The lowest BCUT2D eigenvalue weighted by Crippen LogP contribution is -3.19. The predicted octanol–water partition coefficient (Wildman–Crippen LogP) is 1.19. The summed E-state index contributed by atoms with van der Waals surface area (Å²) >= 11 is 0. The molecule has 0 bridgehead atoms. The summed E-state index contributed by atoms with van der Waals surface area (Å²) in [6, 6.07) is 6.54. The van der Waals surface area contributed by atoms with Crippen molar-refractivity contribution in [2.75, 3.05) is 25.2 Å². The average molecular weight is 372 g/mol. The van der Waals surface area contributed by atoms with Crippen molar-refractivity contribution >= 4 is 23.5 Å². The largest absolute Gasteiger partial charge is 0.497 e. The van der Waals surface area contributed by atoms with Gasteiger partial charge in [0.25, 0.3) is 0 Å². The molecule has 7 heteroatoms. The number of hydrogen-bond donors (Lipinski definition) is 1. The SMILES string of the molecule is COc1ccc(N2C(=O)C(=O)N(C[NH+]3CCC[C@@H]4CCCC[C@@H]43)C2=O)cc1. The van der Waals surface area contributed by atoms with E-state index in [1.165, 1.54) is 30.6 Å². The molecule has 1 aromatic carbocycles. The number of carbonyl (C=O) groups excluding carboxylic acids is 3. The minimum absolute atomic E-state index is 0.289. The number of urea groups is 1. The molecule has 0 radical (unpaired) electrons. The van der Waals surface area contributed by atoms with Gasteiger partial charge in [0.15, 0.2) is 6.67 Å². The Morgan fingerprint density at radius 3 is 2.44 bits per heavy atom. The number of piperidine rings is 1. The quantitative estimate of drug-likeness (QED) is 0.637. The fourth-order valence-corrected chi connectivity index (χ4v) is 4.87. The van der Waals surface area contributed by atoms with Crippen LogP contribution in [0.3, 0.4) is 0 Å². The topological polar surface area (TPSA) is 71.4 Å². The Kier molecular flexibility index (Phi) is 4.86. The van der Waals surface area contributed by atoms with E-state index in [1.807, 2.05) is 0 Å². The summed E-state index contributed by atoms with van der Waals surface area (Å²) in [5, 5.41) is 0. The highest BCUT2D eigenvalue weighted by Gasteiger charge is 2.48. The molecule has 1 unspecified atom stereocenters. The second-order valence-electron chi connectivity index (χ2n) is 7.71. The van der Waals surface area contributed by atoms with Crippen LogP contribution in [0.1, 0.15) is 38.5 Å². The Hall–Kier alpha value is -2.41. The molecule has 1 aliphatic carbocycles. The van der Waals surface area contributed by atoms with Crippen molar-refractivity contribution in [1.29, 1.82) is 0 Å². The molecule has 7 nitrogen and oxygen atoms in total. The number of quaternary nitrogens is 1. The van der Waals surface area contributed by atoms with E-state index in [2.05, 4.69) is 0 Å². The van der Waals surface area contributed by atoms with E-state index in [9.17, 15) is 14.4 Å². The summed E-state index contributed by atoms with van der Waals surface area (Å²) < 4.78 is 5.11. The normalized spacial score (nSPS) is 28.5. The van der Waals surface area contributed by atoms with Crippen molar-refractivity contribution in [3.63, 3.8) is 0 Å². The number of amides is 4. The first-order valence-electron chi connectivity index (χ1n) is 9.78. The second-order valence-corrected chi connectivity index (χ2v) is 7.71. The standard InChI is InChI=1S/C20H25N3O4/c1-27-16-10-8-15(9-11-16)23-19(25)18(24)22(20(23)26)13-21-12-4-6-14-5-2-3-7-17(14)21/h8-11,14,17H,2-7,12-13H2,1H3/p+1/t14-,17-/m0/s1. The van der Waals surface area contributed by atoms with Crippen molar-refractivity contribution in [3.8, 4) is 5.75 Å². The van der Waals surface area contributed by atoms with Gasteiger partial charge in [-0.25, -0.2) is 14.6 Å². The van der Waals surface area contributed by atoms with E-state index in [4.69, 9.17) is 4.74 Å². The van der Waals surface area contributed by atoms with Crippen molar-refractivity contribution in [3.05, 3.63) is 24.3 Å². The maximum absolute atomic E-state index is 12.9. The van der Waals surface area contributed by atoms with Gasteiger partial charge in [-0.3, -0.25) is 9.59 Å². The van der Waals surface area contributed by atoms with Crippen molar-refractivity contribution in [2.24, 2.45) is 5.92 Å². The summed E-state index contributed by atoms with van der Waals surface area (Å²) in [5.74, 6) is -0.186. The number of anilines is 1. The fourth-order valence-electron chi connectivity index (χ4n) is 4.87. The van der Waals surface area contributed by atoms with E-state index in [0.717, 1.165) is 29.2 Å². The molecule has 144 valence electrons. The molecule has 2 saturated heterocycles. The Bertz CT molecular complexity index is 746. The number of benzene rings is 1.